The molecule has 2 N–H and O–H groups in total. The highest BCUT2D eigenvalue weighted by atomic mass is 32.2. The fourth-order valence-corrected chi connectivity index (χ4v) is 4.15. The van der Waals surface area contributed by atoms with Gasteiger partial charge in [-0.15, -0.1) is 0 Å². The SMILES string of the molecule is COc1cc(CO)ccc1S(=O)(=O)NC1CCC(C)CC1. The number of hydrogen-bond donors (Lipinski definition) is 2. The molecule has 0 aromatic heterocycles. The maximum Gasteiger partial charge on any atom is 0.244 e. The molecule has 1 aliphatic carbocycles. The van der Waals surface area contributed by atoms with Crippen molar-refractivity contribution in [1.82, 2.24) is 4.72 Å². The van der Waals surface area contributed by atoms with Gasteiger partial charge in [0.05, 0.1) is 13.7 Å². The quantitative estimate of drug-likeness (QED) is 0.872. The van der Waals surface area contributed by atoms with Gasteiger partial charge in [0.2, 0.25) is 10.0 Å². The van der Waals surface area contributed by atoms with Gasteiger partial charge in [-0.3, -0.25) is 0 Å². The minimum absolute atomic E-state index is 0.00609. The van der Waals surface area contributed by atoms with Crippen molar-refractivity contribution in [2.24, 2.45) is 5.92 Å². The molecule has 0 heterocycles. The first-order chi connectivity index (χ1) is 9.96. The van der Waals surface area contributed by atoms with Gasteiger partial charge in [-0.25, -0.2) is 13.1 Å². The molecule has 1 aromatic rings. The van der Waals surface area contributed by atoms with Crippen LogP contribution in [0.5, 0.6) is 5.75 Å². The van der Waals surface area contributed by atoms with Crippen LogP contribution in [0.25, 0.3) is 0 Å². The lowest BCUT2D eigenvalue weighted by Crippen LogP contribution is -2.37. The van der Waals surface area contributed by atoms with Gasteiger partial charge >= 0.3 is 0 Å². The van der Waals surface area contributed by atoms with Crippen molar-refractivity contribution in [2.45, 2.75) is 50.2 Å². The zero-order valence-corrected chi connectivity index (χ0v) is 13.3. The topological polar surface area (TPSA) is 75.6 Å². The summed E-state index contributed by atoms with van der Waals surface area (Å²) in [7, 11) is -2.17. The second kappa shape index (κ2) is 6.77. The van der Waals surface area contributed by atoms with Gasteiger partial charge in [0, 0.05) is 6.04 Å². The van der Waals surface area contributed by atoms with Gasteiger partial charge in [0.1, 0.15) is 10.6 Å². The third-order valence-corrected chi connectivity index (χ3v) is 5.60. The van der Waals surface area contributed by atoms with Gasteiger partial charge in [0.25, 0.3) is 0 Å². The third-order valence-electron chi connectivity index (χ3n) is 4.04. The number of hydrogen-bond acceptors (Lipinski definition) is 4. The molecule has 0 bridgehead atoms. The lowest BCUT2D eigenvalue weighted by molar-refractivity contribution is 0.280. The number of nitrogens with one attached hydrogen (secondary N) is 1. The smallest absolute Gasteiger partial charge is 0.244 e. The molecule has 0 aliphatic heterocycles. The highest BCUT2D eigenvalue weighted by Crippen LogP contribution is 2.28. The van der Waals surface area contributed by atoms with E-state index in [-0.39, 0.29) is 23.3 Å². The molecule has 21 heavy (non-hydrogen) atoms. The van der Waals surface area contributed by atoms with E-state index in [1.807, 2.05) is 0 Å². The second-order valence-electron chi connectivity index (χ2n) is 5.72. The molecule has 1 fully saturated rings. The Bertz CT molecular complexity index is 577. The molecule has 0 radical (unpaired) electrons. The zero-order chi connectivity index (χ0) is 15.5. The minimum Gasteiger partial charge on any atom is -0.495 e. The number of aliphatic hydroxyl groups is 1. The molecule has 0 unspecified atom stereocenters. The summed E-state index contributed by atoms with van der Waals surface area (Å²) in [5.41, 5.74) is 0.622. The van der Waals surface area contributed by atoms with Crippen LogP contribution in [0.15, 0.2) is 23.1 Å². The standard InChI is InChI=1S/C15H23NO4S/c1-11-3-6-13(7-4-11)16-21(18,19)15-8-5-12(10-17)9-14(15)20-2/h5,8-9,11,13,16-17H,3-4,6-7,10H2,1-2H3. The molecule has 0 saturated heterocycles. The van der Waals surface area contributed by atoms with Crippen LogP contribution < -0.4 is 9.46 Å². The molecule has 0 atom stereocenters. The number of rotatable bonds is 5. The summed E-state index contributed by atoms with van der Waals surface area (Å²) >= 11 is 0. The Morgan fingerprint density at radius 3 is 2.52 bits per heavy atom. The highest BCUT2D eigenvalue weighted by molar-refractivity contribution is 7.89. The summed E-state index contributed by atoms with van der Waals surface area (Å²) in [6.07, 6.45) is 3.84. The van der Waals surface area contributed by atoms with Crippen LogP contribution in [0, 0.1) is 5.92 Å². The number of methoxy groups -OCH3 is 1. The summed E-state index contributed by atoms with van der Waals surface area (Å²) in [5, 5.41) is 9.12. The van der Waals surface area contributed by atoms with E-state index < -0.39 is 10.0 Å². The normalized spacial score (nSPS) is 23.0. The van der Waals surface area contributed by atoms with Crippen molar-refractivity contribution in [3.8, 4) is 5.75 Å². The molecule has 1 aliphatic rings. The van der Waals surface area contributed by atoms with Crippen LogP contribution >= 0.6 is 0 Å². The van der Waals surface area contributed by atoms with Gasteiger partial charge in [-0.05, 0) is 49.3 Å². The Morgan fingerprint density at radius 1 is 1.29 bits per heavy atom. The van der Waals surface area contributed by atoms with Crippen molar-refractivity contribution in [3.63, 3.8) is 0 Å². The third kappa shape index (κ3) is 3.96. The van der Waals surface area contributed by atoms with E-state index in [0.717, 1.165) is 25.7 Å². The van der Waals surface area contributed by atoms with E-state index in [1.165, 1.54) is 13.2 Å². The first kappa shape index (κ1) is 16.3. The number of benzene rings is 1. The number of aliphatic hydroxyl groups excluding tert-OH is 1. The van der Waals surface area contributed by atoms with Gasteiger partial charge < -0.3 is 9.84 Å². The molecular weight excluding hydrogens is 290 g/mol. The van der Waals surface area contributed by atoms with Crippen molar-refractivity contribution < 1.29 is 18.3 Å². The predicted octanol–water partition coefficient (Wildman–Crippen LogP) is 2.04. The Labute approximate surface area is 126 Å². The van der Waals surface area contributed by atoms with E-state index in [1.54, 1.807) is 12.1 Å². The van der Waals surface area contributed by atoms with E-state index in [2.05, 4.69) is 11.6 Å². The predicted molar refractivity (Wildman–Crippen MR) is 80.7 cm³/mol. The summed E-state index contributed by atoms with van der Waals surface area (Å²) in [6.45, 7) is 2.05. The largest absolute Gasteiger partial charge is 0.495 e. The van der Waals surface area contributed by atoms with Crippen LogP contribution in [-0.2, 0) is 16.6 Å². The van der Waals surface area contributed by atoms with E-state index in [0.29, 0.717) is 11.5 Å². The fraction of sp³-hybridized carbons (Fsp3) is 0.600. The number of ether oxygens (including phenoxy) is 1. The van der Waals surface area contributed by atoms with Crippen LogP contribution in [-0.4, -0.2) is 26.7 Å². The van der Waals surface area contributed by atoms with Crippen molar-refractivity contribution in [3.05, 3.63) is 23.8 Å². The molecule has 118 valence electrons. The average Bonchev–Trinajstić information content (AvgIpc) is 2.48. The van der Waals surface area contributed by atoms with E-state index >= 15 is 0 Å². The van der Waals surface area contributed by atoms with Gasteiger partial charge in [-0.2, -0.15) is 0 Å². The number of sulfonamides is 1. The van der Waals surface area contributed by atoms with E-state index in [9.17, 15) is 8.42 Å². The zero-order valence-electron chi connectivity index (χ0n) is 12.5. The maximum atomic E-state index is 12.5. The molecule has 6 heteroatoms. The van der Waals surface area contributed by atoms with Crippen molar-refractivity contribution in [2.75, 3.05) is 7.11 Å². The first-order valence-corrected chi connectivity index (χ1v) is 8.74. The van der Waals surface area contributed by atoms with Crippen molar-refractivity contribution in [1.29, 1.82) is 0 Å². The molecule has 2 rings (SSSR count). The Hall–Kier alpha value is -1.11. The van der Waals surface area contributed by atoms with Crippen molar-refractivity contribution >= 4 is 10.0 Å². The van der Waals surface area contributed by atoms with Crippen LogP contribution in [0.2, 0.25) is 0 Å². The maximum absolute atomic E-state index is 12.5. The molecule has 0 amide bonds. The Kier molecular flexibility index (Phi) is 5.24. The molecule has 1 aromatic carbocycles. The lowest BCUT2D eigenvalue weighted by Gasteiger charge is -2.27. The molecule has 5 nitrogen and oxygen atoms in total. The summed E-state index contributed by atoms with van der Waals surface area (Å²) in [4.78, 5) is 0.126. The summed E-state index contributed by atoms with van der Waals surface area (Å²) in [6, 6.07) is 4.63. The van der Waals surface area contributed by atoms with Gasteiger partial charge in [-0.1, -0.05) is 13.0 Å². The molecule has 1 saturated carbocycles. The summed E-state index contributed by atoms with van der Waals surface area (Å²) in [5.74, 6) is 0.933. The van der Waals surface area contributed by atoms with Crippen LogP contribution in [0.1, 0.15) is 38.2 Å². The Morgan fingerprint density at radius 2 is 1.95 bits per heavy atom. The first-order valence-electron chi connectivity index (χ1n) is 7.26. The molecule has 0 spiro atoms. The molecular formula is C15H23NO4S. The second-order valence-corrected chi connectivity index (χ2v) is 7.40. The average molecular weight is 313 g/mol. The summed E-state index contributed by atoms with van der Waals surface area (Å²) < 4.78 is 32.9. The van der Waals surface area contributed by atoms with E-state index in [4.69, 9.17) is 9.84 Å². The van der Waals surface area contributed by atoms with Crippen LogP contribution in [0.4, 0.5) is 0 Å². The lowest BCUT2D eigenvalue weighted by atomic mass is 9.88. The fourth-order valence-electron chi connectivity index (χ4n) is 2.69. The minimum atomic E-state index is -3.60. The highest BCUT2D eigenvalue weighted by Gasteiger charge is 2.26. The Balaban J connectivity index is 2.19. The van der Waals surface area contributed by atoms with Gasteiger partial charge in [0.15, 0.2) is 0 Å². The van der Waals surface area contributed by atoms with Crippen LogP contribution in [0.3, 0.4) is 0 Å². The monoisotopic (exact) mass is 313 g/mol.